The average molecular weight is 397 g/mol. The maximum Gasteiger partial charge on any atom is 0.269 e. The number of carbonyl (C=O) groups excluding carboxylic acids is 1. The van der Waals surface area contributed by atoms with Crippen molar-refractivity contribution in [2.45, 2.75) is 17.9 Å². The number of amides is 1. The molecule has 0 fully saturated rings. The van der Waals surface area contributed by atoms with Crippen LogP contribution < -0.4 is 5.48 Å². The van der Waals surface area contributed by atoms with Crippen molar-refractivity contribution in [3.63, 3.8) is 0 Å². The molecule has 27 heavy (non-hydrogen) atoms. The van der Waals surface area contributed by atoms with Crippen molar-refractivity contribution in [2.24, 2.45) is 0 Å². The third-order valence-electron chi connectivity index (χ3n) is 3.67. The third kappa shape index (κ3) is 5.29. The van der Waals surface area contributed by atoms with E-state index in [9.17, 15) is 27.7 Å². The van der Waals surface area contributed by atoms with Crippen LogP contribution in [0.1, 0.15) is 12.0 Å². The number of sulfonamides is 1. The lowest BCUT2D eigenvalue weighted by molar-refractivity contribution is -0.384. The molecule has 0 bridgehead atoms. The van der Waals surface area contributed by atoms with Gasteiger partial charge in [-0.3, -0.25) is 20.1 Å². The van der Waals surface area contributed by atoms with E-state index in [0.29, 0.717) is 5.56 Å². The lowest BCUT2D eigenvalue weighted by Crippen LogP contribution is -2.34. The zero-order valence-electron chi connectivity index (χ0n) is 13.9. The molecule has 0 spiro atoms. The van der Waals surface area contributed by atoms with Crippen molar-refractivity contribution in [3.8, 4) is 0 Å². The summed E-state index contributed by atoms with van der Waals surface area (Å²) in [5.74, 6) is -1.38. The molecule has 0 aliphatic rings. The first kappa shape index (κ1) is 20.4. The van der Waals surface area contributed by atoms with E-state index in [0.717, 1.165) is 28.6 Å². The Balaban J connectivity index is 2.30. The molecule has 2 rings (SSSR count). The van der Waals surface area contributed by atoms with Crippen LogP contribution in [-0.2, 0) is 21.4 Å². The van der Waals surface area contributed by atoms with Crippen LogP contribution >= 0.6 is 0 Å². The summed E-state index contributed by atoms with van der Waals surface area (Å²) in [6, 6.07) is 9.46. The summed E-state index contributed by atoms with van der Waals surface area (Å²) < 4.78 is 39.7. The van der Waals surface area contributed by atoms with E-state index in [2.05, 4.69) is 0 Å². The Morgan fingerprint density at radius 1 is 1.15 bits per heavy atom. The summed E-state index contributed by atoms with van der Waals surface area (Å²) in [4.78, 5) is 21.3. The molecule has 0 aromatic heterocycles. The number of halogens is 1. The molecular formula is C16H16FN3O6S. The van der Waals surface area contributed by atoms with Crippen molar-refractivity contribution in [1.29, 1.82) is 0 Å². The van der Waals surface area contributed by atoms with Crippen LogP contribution in [-0.4, -0.2) is 35.3 Å². The highest BCUT2D eigenvalue weighted by Gasteiger charge is 2.25. The molecule has 0 saturated heterocycles. The minimum atomic E-state index is -4.08. The highest BCUT2D eigenvalue weighted by molar-refractivity contribution is 7.89. The van der Waals surface area contributed by atoms with Crippen molar-refractivity contribution >= 4 is 21.6 Å². The number of carbonyl (C=O) groups is 1. The molecule has 11 heteroatoms. The number of hydrogen-bond acceptors (Lipinski definition) is 6. The standard InChI is InChI=1S/C16H16FN3O6S/c17-13-3-7-15(8-4-13)27(25,26)19(10-9-16(21)18-22)11-12-1-5-14(6-2-12)20(23)24/h1-8,22H,9-11H2,(H,18,21). The van der Waals surface area contributed by atoms with Crippen LogP contribution in [0.15, 0.2) is 53.4 Å². The monoisotopic (exact) mass is 397 g/mol. The number of nitro groups is 1. The maximum atomic E-state index is 13.1. The number of non-ortho nitro benzene ring substituents is 1. The van der Waals surface area contributed by atoms with Gasteiger partial charge in [-0.05, 0) is 29.8 Å². The van der Waals surface area contributed by atoms with Gasteiger partial charge in [-0.25, -0.2) is 18.3 Å². The Labute approximate surface area is 154 Å². The van der Waals surface area contributed by atoms with E-state index >= 15 is 0 Å². The van der Waals surface area contributed by atoms with E-state index in [1.807, 2.05) is 0 Å². The lowest BCUT2D eigenvalue weighted by atomic mass is 10.2. The number of nitrogens with zero attached hydrogens (tertiary/aromatic N) is 2. The van der Waals surface area contributed by atoms with Crippen LogP contribution in [0.3, 0.4) is 0 Å². The van der Waals surface area contributed by atoms with E-state index in [1.54, 1.807) is 0 Å². The van der Waals surface area contributed by atoms with E-state index in [1.165, 1.54) is 29.7 Å². The Kier molecular flexibility index (Phi) is 6.55. The Bertz CT molecular complexity index is 916. The first-order chi connectivity index (χ1) is 12.7. The second-order valence-electron chi connectivity index (χ2n) is 5.50. The molecule has 0 aliphatic carbocycles. The van der Waals surface area contributed by atoms with Gasteiger partial charge in [0, 0.05) is 31.6 Å². The molecule has 2 N–H and O–H groups in total. The second kappa shape index (κ2) is 8.66. The van der Waals surface area contributed by atoms with E-state index in [-0.39, 0.29) is 30.1 Å². The Morgan fingerprint density at radius 2 is 1.74 bits per heavy atom. The molecule has 0 saturated carbocycles. The zero-order valence-corrected chi connectivity index (χ0v) is 14.7. The minimum absolute atomic E-state index is 0.147. The molecule has 0 heterocycles. The van der Waals surface area contributed by atoms with Gasteiger partial charge in [-0.1, -0.05) is 12.1 Å². The summed E-state index contributed by atoms with van der Waals surface area (Å²) in [7, 11) is -4.08. The molecule has 0 aliphatic heterocycles. The van der Waals surface area contributed by atoms with Crippen molar-refractivity contribution < 1.29 is 27.7 Å². The number of rotatable bonds is 8. The van der Waals surface area contributed by atoms with Gasteiger partial charge in [0.1, 0.15) is 5.82 Å². The van der Waals surface area contributed by atoms with Gasteiger partial charge in [0.2, 0.25) is 15.9 Å². The summed E-state index contributed by atoms with van der Waals surface area (Å²) in [6.07, 6.45) is -0.316. The van der Waals surface area contributed by atoms with Crippen molar-refractivity contribution in [3.05, 3.63) is 70.0 Å². The second-order valence-corrected chi connectivity index (χ2v) is 7.44. The van der Waals surface area contributed by atoms with Crippen LogP contribution in [0.25, 0.3) is 0 Å². The SMILES string of the molecule is O=C(CCN(Cc1ccc([N+](=O)[O-])cc1)S(=O)(=O)c1ccc(F)cc1)NO. The predicted octanol–water partition coefficient (Wildman–Crippen LogP) is 1.82. The smallest absolute Gasteiger partial charge is 0.269 e. The number of nitro benzene ring substituents is 1. The predicted molar refractivity (Wildman–Crippen MR) is 91.6 cm³/mol. The van der Waals surface area contributed by atoms with Crippen LogP contribution in [0, 0.1) is 15.9 Å². The Morgan fingerprint density at radius 3 is 2.26 bits per heavy atom. The van der Waals surface area contributed by atoms with Gasteiger partial charge >= 0.3 is 0 Å². The quantitative estimate of drug-likeness (QED) is 0.397. The molecular weight excluding hydrogens is 381 g/mol. The summed E-state index contributed by atoms with van der Waals surface area (Å²) in [5, 5.41) is 19.3. The van der Waals surface area contributed by atoms with Gasteiger partial charge in [-0.15, -0.1) is 0 Å². The van der Waals surface area contributed by atoms with Gasteiger partial charge in [0.25, 0.3) is 5.69 Å². The van der Waals surface area contributed by atoms with Gasteiger partial charge in [0.15, 0.2) is 0 Å². The third-order valence-corrected chi connectivity index (χ3v) is 5.53. The molecule has 144 valence electrons. The Hall–Kier alpha value is -2.89. The molecule has 1 amide bonds. The number of hydroxylamine groups is 1. The molecule has 0 atom stereocenters. The highest BCUT2D eigenvalue weighted by atomic mass is 32.2. The maximum absolute atomic E-state index is 13.1. The molecule has 0 unspecified atom stereocenters. The highest BCUT2D eigenvalue weighted by Crippen LogP contribution is 2.20. The van der Waals surface area contributed by atoms with Crippen LogP contribution in [0.2, 0.25) is 0 Å². The first-order valence-corrected chi connectivity index (χ1v) is 9.10. The first-order valence-electron chi connectivity index (χ1n) is 7.66. The van der Waals surface area contributed by atoms with Gasteiger partial charge in [-0.2, -0.15) is 4.31 Å². The van der Waals surface area contributed by atoms with Crippen molar-refractivity contribution in [2.75, 3.05) is 6.54 Å². The molecule has 9 nitrogen and oxygen atoms in total. The van der Waals surface area contributed by atoms with Crippen LogP contribution in [0.4, 0.5) is 10.1 Å². The van der Waals surface area contributed by atoms with E-state index in [4.69, 9.17) is 5.21 Å². The number of nitrogens with one attached hydrogen (secondary N) is 1. The minimum Gasteiger partial charge on any atom is -0.289 e. The fourth-order valence-corrected chi connectivity index (χ4v) is 3.68. The normalized spacial score (nSPS) is 11.4. The van der Waals surface area contributed by atoms with Gasteiger partial charge < -0.3 is 0 Å². The van der Waals surface area contributed by atoms with Crippen LogP contribution in [0.5, 0.6) is 0 Å². The average Bonchev–Trinajstić information content (AvgIpc) is 2.65. The summed E-state index contributed by atoms with van der Waals surface area (Å²) >= 11 is 0. The lowest BCUT2D eigenvalue weighted by Gasteiger charge is -2.22. The summed E-state index contributed by atoms with van der Waals surface area (Å²) in [5.41, 5.74) is 1.73. The largest absolute Gasteiger partial charge is 0.289 e. The number of benzene rings is 2. The molecule has 0 radical (unpaired) electrons. The van der Waals surface area contributed by atoms with Gasteiger partial charge in [0.05, 0.1) is 9.82 Å². The van der Waals surface area contributed by atoms with Crippen molar-refractivity contribution in [1.82, 2.24) is 9.79 Å². The summed E-state index contributed by atoms with van der Waals surface area (Å²) in [6.45, 7) is -0.431. The number of hydrogen-bond donors (Lipinski definition) is 2. The molecule has 2 aromatic carbocycles. The topological polar surface area (TPSA) is 130 Å². The van der Waals surface area contributed by atoms with E-state index < -0.39 is 26.7 Å². The fourth-order valence-electron chi connectivity index (χ4n) is 2.25. The molecule has 2 aromatic rings. The zero-order chi connectivity index (χ0) is 20.0. The fraction of sp³-hybridized carbons (Fsp3) is 0.188.